The van der Waals surface area contributed by atoms with Crippen molar-refractivity contribution in [2.75, 3.05) is 25.5 Å². The van der Waals surface area contributed by atoms with Crippen LogP contribution in [-0.4, -0.2) is 30.0 Å². The van der Waals surface area contributed by atoms with Crippen LogP contribution in [0.3, 0.4) is 0 Å². The van der Waals surface area contributed by atoms with E-state index in [1.807, 2.05) is 7.05 Å². The summed E-state index contributed by atoms with van der Waals surface area (Å²) in [5.41, 5.74) is 2.59. The third kappa shape index (κ3) is 3.47. The van der Waals surface area contributed by atoms with Crippen molar-refractivity contribution in [3.8, 4) is 0 Å². The summed E-state index contributed by atoms with van der Waals surface area (Å²) in [6, 6.07) is 4.93. The van der Waals surface area contributed by atoms with E-state index < -0.39 is 0 Å². The van der Waals surface area contributed by atoms with Gasteiger partial charge in [0.25, 0.3) is 0 Å². The molecular weight excluding hydrogens is 234 g/mol. The van der Waals surface area contributed by atoms with Crippen molar-refractivity contribution < 1.29 is 0 Å². The molecule has 1 aliphatic heterocycles. The van der Waals surface area contributed by atoms with Crippen LogP contribution in [0.25, 0.3) is 0 Å². The summed E-state index contributed by atoms with van der Waals surface area (Å²) in [7, 11) is 1.92. The Morgan fingerprint density at radius 3 is 2.79 bits per heavy atom. The Morgan fingerprint density at radius 2 is 2.16 bits per heavy atom. The zero-order chi connectivity index (χ0) is 13.8. The van der Waals surface area contributed by atoms with Crippen LogP contribution in [0, 0.1) is 12.8 Å². The van der Waals surface area contributed by atoms with Gasteiger partial charge in [-0.15, -0.1) is 0 Å². The van der Waals surface area contributed by atoms with E-state index in [1.54, 1.807) is 0 Å². The predicted octanol–water partition coefficient (Wildman–Crippen LogP) is 3.61. The van der Waals surface area contributed by atoms with Crippen LogP contribution in [0.5, 0.6) is 0 Å². The van der Waals surface area contributed by atoms with Crippen molar-refractivity contribution in [2.45, 2.75) is 46.1 Å². The maximum atomic E-state index is 4.64. The minimum absolute atomic E-state index is 0.564. The Balaban J connectivity index is 2.21. The molecule has 19 heavy (non-hydrogen) atoms. The van der Waals surface area contributed by atoms with Gasteiger partial charge in [0.15, 0.2) is 0 Å². The second kappa shape index (κ2) is 6.38. The van der Waals surface area contributed by atoms with Gasteiger partial charge < -0.3 is 5.32 Å². The van der Waals surface area contributed by atoms with Crippen LogP contribution >= 0.6 is 0 Å². The topological polar surface area (TPSA) is 28.2 Å². The Kier molecular flexibility index (Phi) is 4.81. The van der Waals surface area contributed by atoms with Crippen molar-refractivity contribution in [3.05, 3.63) is 23.4 Å². The van der Waals surface area contributed by atoms with Crippen LogP contribution < -0.4 is 5.32 Å². The molecule has 2 rings (SSSR count). The summed E-state index contributed by atoms with van der Waals surface area (Å²) in [6.07, 6.45) is 3.95. The molecule has 0 bridgehead atoms. The van der Waals surface area contributed by atoms with Crippen LogP contribution in [-0.2, 0) is 0 Å². The number of nitrogens with one attached hydrogen (secondary N) is 1. The molecule has 1 N–H and O–H groups in total. The monoisotopic (exact) mass is 261 g/mol. The lowest BCUT2D eigenvalue weighted by atomic mass is 9.93. The number of aromatic nitrogens is 1. The summed E-state index contributed by atoms with van der Waals surface area (Å²) >= 11 is 0. The number of aryl methyl sites for hydroxylation is 1. The first-order valence-corrected chi connectivity index (χ1v) is 7.51. The molecule has 1 aromatic rings. The molecule has 0 amide bonds. The Hall–Kier alpha value is -1.09. The van der Waals surface area contributed by atoms with E-state index in [9.17, 15) is 0 Å². The van der Waals surface area contributed by atoms with Crippen LogP contribution in [0.4, 0.5) is 5.82 Å². The van der Waals surface area contributed by atoms with Gasteiger partial charge in [0, 0.05) is 25.3 Å². The molecular formula is C16H27N3. The second-order valence-corrected chi connectivity index (χ2v) is 6.02. The summed E-state index contributed by atoms with van der Waals surface area (Å²) < 4.78 is 0. The average molecular weight is 261 g/mol. The molecule has 0 spiro atoms. The summed E-state index contributed by atoms with van der Waals surface area (Å²) in [5, 5.41) is 3.12. The predicted molar refractivity (Wildman–Crippen MR) is 81.5 cm³/mol. The van der Waals surface area contributed by atoms with E-state index in [1.165, 1.54) is 43.6 Å². The molecule has 0 aliphatic carbocycles. The maximum absolute atomic E-state index is 4.64. The largest absolute Gasteiger partial charge is 0.373 e. The highest BCUT2D eigenvalue weighted by Crippen LogP contribution is 2.33. The molecule has 0 saturated carbocycles. The summed E-state index contributed by atoms with van der Waals surface area (Å²) in [4.78, 5) is 7.29. The molecule has 0 radical (unpaired) electrons. The maximum Gasteiger partial charge on any atom is 0.125 e. The second-order valence-electron chi connectivity index (χ2n) is 6.02. The van der Waals surface area contributed by atoms with Crippen LogP contribution in [0.15, 0.2) is 12.1 Å². The van der Waals surface area contributed by atoms with Crippen molar-refractivity contribution >= 4 is 5.82 Å². The minimum Gasteiger partial charge on any atom is -0.373 e. The number of rotatable bonds is 4. The van der Waals surface area contributed by atoms with Crippen molar-refractivity contribution in [3.63, 3.8) is 0 Å². The third-order valence-corrected chi connectivity index (χ3v) is 3.96. The molecule has 106 valence electrons. The Labute approximate surface area is 117 Å². The fourth-order valence-corrected chi connectivity index (χ4v) is 3.09. The average Bonchev–Trinajstić information content (AvgIpc) is 2.39. The van der Waals surface area contributed by atoms with E-state index >= 15 is 0 Å². The smallest absolute Gasteiger partial charge is 0.125 e. The molecule has 1 aliphatic rings. The zero-order valence-corrected chi connectivity index (χ0v) is 12.7. The zero-order valence-electron chi connectivity index (χ0n) is 12.7. The van der Waals surface area contributed by atoms with E-state index in [-0.39, 0.29) is 0 Å². The number of pyridine rings is 1. The first kappa shape index (κ1) is 14.3. The lowest BCUT2D eigenvalue weighted by Gasteiger charge is -2.37. The minimum atomic E-state index is 0.564. The molecule has 1 atom stereocenters. The summed E-state index contributed by atoms with van der Waals surface area (Å²) in [6.45, 7) is 9.17. The van der Waals surface area contributed by atoms with Crippen molar-refractivity contribution in [2.24, 2.45) is 5.92 Å². The van der Waals surface area contributed by atoms with Gasteiger partial charge in [0.2, 0.25) is 0 Å². The lowest BCUT2D eigenvalue weighted by Crippen LogP contribution is -2.36. The fraction of sp³-hybridized carbons (Fsp3) is 0.688. The lowest BCUT2D eigenvalue weighted by molar-refractivity contribution is 0.131. The molecule has 1 aromatic heterocycles. The highest BCUT2D eigenvalue weighted by Gasteiger charge is 2.25. The molecule has 2 heterocycles. The standard InChI is InChI=1S/C16H27N3/c1-12(2)11-19-10-6-5-7-15(19)14-8-9-16(17-4)18-13(14)3/h8-9,12,15H,5-7,10-11H2,1-4H3,(H,17,18). The van der Waals surface area contributed by atoms with Crippen LogP contribution in [0.1, 0.15) is 50.4 Å². The van der Waals surface area contributed by atoms with Gasteiger partial charge >= 0.3 is 0 Å². The van der Waals surface area contributed by atoms with Gasteiger partial charge in [-0.25, -0.2) is 4.98 Å². The fourth-order valence-electron chi connectivity index (χ4n) is 3.09. The van der Waals surface area contributed by atoms with E-state index in [0.717, 1.165) is 11.7 Å². The first-order valence-electron chi connectivity index (χ1n) is 7.51. The Morgan fingerprint density at radius 1 is 1.37 bits per heavy atom. The number of hydrogen-bond donors (Lipinski definition) is 1. The van der Waals surface area contributed by atoms with Gasteiger partial charge in [-0.3, -0.25) is 4.90 Å². The van der Waals surface area contributed by atoms with Crippen LogP contribution in [0.2, 0.25) is 0 Å². The molecule has 0 aromatic carbocycles. The van der Waals surface area contributed by atoms with E-state index in [0.29, 0.717) is 6.04 Å². The van der Waals surface area contributed by atoms with Gasteiger partial charge in [0.1, 0.15) is 5.82 Å². The first-order chi connectivity index (χ1) is 9.11. The summed E-state index contributed by atoms with van der Waals surface area (Å²) in [5.74, 6) is 1.69. The molecule has 1 saturated heterocycles. The molecule has 1 fully saturated rings. The number of hydrogen-bond acceptors (Lipinski definition) is 3. The third-order valence-electron chi connectivity index (χ3n) is 3.96. The highest BCUT2D eigenvalue weighted by atomic mass is 15.2. The molecule has 3 heteroatoms. The van der Waals surface area contributed by atoms with Crippen molar-refractivity contribution in [1.82, 2.24) is 9.88 Å². The van der Waals surface area contributed by atoms with Gasteiger partial charge in [-0.05, 0) is 43.9 Å². The number of anilines is 1. The highest BCUT2D eigenvalue weighted by molar-refractivity contribution is 5.39. The van der Waals surface area contributed by atoms with Gasteiger partial charge in [0.05, 0.1) is 0 Å². The normalized spacial score (nSPS) is 20.8. The quantitative estimate of drug-likeness (QED) is 0.897. The number of likely N-dealkylation sites (tertiary alicyclic amines) is 1. The van der Waals surface area contributed by atoms with E-state index in [2.05, 4.69) is 48.1 Å². The molecule has 1 unspecified atom stereocenters. The Bertz CT molecular complexity index is 414. The van der Waals surface area contributed by atoms with E-state index in [4.69, 9.17) is 0 Å². The van der Waals surface area contributed by atoms with Gasteiger partial charge in [-0.2, -0.15) is 0 Å². The SMILES string of the molecule is CNc1ccc(C2CCCCN2CC(C)C)c(C)n1. The molecule has 3 nitrogen and oxygen atoms in total. The number of piperidine rings is 1. The number of nitrogens with zero attached hydrogens (tertiary/aromatic N) is 2. The van der Waals surface area contributed by atoms with Gasteiger partial charge in [-0.1, -0.05) is 26.3 Å². The van der Waals surface area contributed by atoms with Crippen molar-refractivity contribution in [1.29, 1.82) is 0 Å².